The molecule has 2 aromatic carbocycles. The van der Waals surface area contributed by atoms with Crippen LogP contribution in [0.25, 0.3) is 0 Å². The molecule has 2 aromatic rings. The Labute approximate surface area is 161 Å². The minimum Gasteiger partial charge on any atom is -0.493 e. The van der Waals surface area contributed by atoms with Gasteiger partial charge in [0.25, 0.3) is 10.0 Å². The molecule has 0 aliphatic rings. The number of hydrogen-bond donors (Lipinski definition) is 2. The molecule has 0 bridgehead atoms. The van der Waals surface area contributed by atoms with Gasteiger partial charge in [0, 0.05) is 12.1 Å². The van der Waals surface area contributed by atoms with Crippen molar-refractivity contribution in [3.05, 3.63) is 47.5 Å². The second-order valence-electron chi connectivity index (χ2n) is 6.06. The largest absolute Gasteiger partial charge is 0.493 e. The van der Waals surface area contributed by atoms with E-state index in [1.54, 1.807) is 12.1 Å². The molecule has 0 spiro atoms. The van der Waals surface area contributed by atoms with E-state index in [4.69, 9.17) is 4.74 Å². The van der Waals surface area contributed by atoms with Crippen LogP contribution in [-0.2, 0) is 10.0 Å². The van der Waals surface area contributed by atoms with Gasteiger partial charge in [0.1, 0.15) is 0 Å². The first-order chi connectivity index (χ1) is 13.0. The fourth-order valence-corrected chi connectivity index (χ4v) is 3.48. The van der Waals surface area contributed by atoms with Crippen LogP contribution < -0.4 is 14.2 Å². The van der Waals surface area contributed by atoms with Crippen molar-refractivity contribution in [2.45, 2.75) is 31.3 Å². The van der Waals surface area contributed by atoms with Crippen molar-refractivity contribution in [2.24, 2.45) is 0 Å². The van der Waals surface area contributed by atoms with Crippen molar-refractivity contribution in [3.63, 3.8) is 0 Å². The van der Waals surface area contributed by atoms with Gasteiger partial charge >= 0.3 is 12.6 Å². The van der Waals surface area contributed by atoms with Crippen molar-refractivity contribution < 1.29 is 36.6 Å². The van der Waals surface area contributed by atoms with Gasteiger partial charge in [-0.3, -0.25) is 4.72 Å². The highest BCUT2D eigenvalue weighted by molar-refractivity contribution is 7.92. The second-order valence-corrected chi connectivity index (χ2v) is 7.74. The van der Waals surface area contributed by atoms with Gasteiger partial charge in [-0.05, 0) is 23.6 Å². The second kappa shape index (κ2) is 8.42. The average Bonchev–Trinajstić information content (AvgIpc) is 2.61. The van der Waals surface area contributed by atoms with Gasteiger partial charge in [-0.1, -0.05) is 26.0 Å². The van der Waals surface area contributed by atoms with E-state index in [0.29, 0.717) is 0 Å². The molecule has 7 nitrogen and oxygen atoms in total. The number of halogens is 2. The predicted molar refractivity (Wildman–Crippen MR) is 97.9 cm³/mol. The Bertz CT molecular complexity index is 959. The monoisotopic (exact) mass is 415 g/mol. The molecule has 0 saturated heterocycles. The van der Waals surface area contributed by atoms with Crippen LogP contribution in [0.3, 0.4) is 0 Å². The Morgan fingerprint density at radius 1 is 1.11 bits per heavy atom. The summed E-state index contributed by atoms with van der Waals surface area (Å²) in [6.07, 6.45) is 0. The number of carboxylic acids is 1. The molecule has 10 heteroatoms. The maximum Gasteiger partial charge on any atom is 0.387 e. The molecular weight excluding hydrogens is 396 g/mol. The van der Waals surface area contributed by atoms with Crippen molar-refractivity contribution in [2.75, 3.05) is 11.8 Å². The molecule has 0 amide bonds. The van der Waals surface area contributed by atoms with E-state index in [-0.39, 0.29) is 16.6 Å². The van der Waals surface area contributed by atoms with E-state index < -0.39 is 39.6 Å². The van der Waals surface area contributed by atoms with Crippen molar-refractivity contribution in [1.82, 2.24) is 0 Å². The summed E-state index contributed by atoms with van der Waals surface area (Å²) in [6.45, 7) is 0.684. The first kappa shape index (κ1) is 21.4. The number of methoxy groups -OCH3 is 1. The summed E-state index contributed by atoms with van der Waals surface area (Å²) in [7, 11) is -3.04. The fourth-order valence-electron chi connectivity index (χ4n) is 2.40. The molecule has 0 aliphatic carbocycles. The number of sulfonamides is 1. The summed E-state index contributed by atoms with van der Waals surface area (Å²) >= 11 is 0. The summed E-state index contributed by atoms with van der Waals surface area (Å²) in [6, 6.07) is 7.76. The number of rotatable bonds is 8. The van der Waals surface area contributed by atoms with Crippen LogP contribution in [0.1, 0.15) is 35.7 Å². The number of aromatic carboxylic acids is 1. The highest BCUT2D eigenvalue weighted by Crippen LogP contribution is 2.35. The minimum atomic E-state index is -4.17. The summed E-state index contributed by atoms with van der Waals surface area (Å²) in [4.78, 5) is 11.4. The smallest absolute Gasteiger partial charge is 0.387 e. The standard InChI is InChI=1S/C18H19F2NO6S/c1-10(2)11-4-6-12(7-5-11)28(24,25)21-14-9-16(27-18(19)20)15(26-3)8-13(14)17(22)23/h4-10,18,21H,1-3H3,(H,22,23). The zero-order valence-electron chi connectivity index (χ0n) is 15.3. The molecule has 0 heterocycles. The van der Waals surface area contributed by atoms with Crippen LogP contribution in [0.15, 0.2) is 41.3 Å². The average molecular weight is 415 g/mol. The van der Waals surface area contributed by atoms with E-state index in [0.717, 1.165) is 24.8 Å². The fraction of sp³-hybridized carbons (Fsp3) is 0.278. The van der Waals surface area contributed by atoms with Crippen LogP contribution in [0, 0.1) is 0 Å². The van der Waals surface area contributed by atoms with Gasteiger partial charge in [-0.15, -0.1) is 0 Å². The number of benzene rings is 2. The van der Waals surface area contributed by atoms with Crippen molar-refractivity contribution in [1.29, 1.82) is 0 Å². The zero-order valence-corrected chi connectivity index (χ0v) is 16.1. The van der Waals surface area contributed by atoms with Crippen LogP contribution >= 0.6 is 0 Å². The van der Waals surface area contributed by atoms with Crippen LogP contribution in [0.4, 0.5) is 14.5 Å². The Morgan fingerprint density at radius 2 is 1.71 bits per heavy atom. The molecule has 2 rings (SSSR count). The third-order valence-corrected chi connectivity index (χ3v) is 5.23. The minimum absolute atomic E-state index is 0.111. The van der Waals surface area contributed by atoms with Crippen molar-refractivity contribution >= 4 is 21.7 Å². The highest BCUT2D eigenvalue weighted by Gasteiger charge is 2.23. The van der Waals surface area contributed by atoms with Crippen LogP contribution in [0.2, 0.25) is 0 Å². The van der Waals surface area contributed by atoms with Gasteiger partial charge < -0.3 is 14.6 Å². The molecule has 0 fully saturated rings. The summed E-state index contributed by atoms with van der Waals surface area (Å²) in [5, 5.41) is 9.34. The number of carboxylic acid groups (broad SMARTS) is 1. The number of hydrogen-bond acceptors (Lipinski definition) is 5. The molecule has 0 aliphatic heterocycles. The molecule has 2 N–H and O–H groups in total. The topological polar surface area (TPSA) is 102 Å². The molecular formula is C18H19F2NO6S. The third-order valence-electron chi connectivity index (χ3n) is 3.85. The maximum atomic E-state index is 12.6. The van der Waals surface area contributed by atoms with Gasteiger partial charge in [0.2, 0.25) is 0 Å². The lowest BCUT2D eigenvalue weighted by atomic mass is 10.0. The normalized spacial score (nSPS) is 11.5. The maximum absolute atomic E-state index is 12.6. The quantitative estimate of drug-likeness (QED) is 0.678. The zero-order chi connectivity index (χ0) is 21.1. The molecule has 0 unspecified atom stereocenters. The van der Waals surface area contributed by atoms with Crippen LogP contribution in [-0.4, -0.2) is 33.2 Å². The number of anilines is 1. The van der Waals surface area contributed by atoms with Gasteiger partial charge in [-0.2, -0.15) is 8.78 Å². The predicted octanol–water partition coefficient (Wildman–Crippen LogP) is 3.92. The first-order valence-electron chi connectivity index (χ1n) is 8.08. The van der Waals surface area contributed by atoms with E-state index in [2.05, 4.69) is 9.46 Å². The molecule has 152 valence electrons. The van der Waals surface area contributed by atoms with Gasteiger partial charge in [0.15, 0.2) is 11.5 Å². The SMILES string of the molecule is COc1cc(C(=O)O)c(NS(=O)(=O)c2ccc(C(C)C)cc2)cc1OC(F)F. The van der Waals surface area contributed by atoms with E-state index >= 15 is 0 Å². The van der Waals surface area contributed by atoms with Gasteiger partial charge in [0.05, 0.1) is 23.3 Å². The molecule has 0 atom stereocenters. The van der Waals surface area contributed by atoms with Crippen LogP contribution in [0.5, 0.6) is 11.5 Å². The number of alkyl halides is 2. The summed E-state index contributed by atoms with van der Waals surface area (Å²) < 4.78 is 61.7. The lowest BCUT2D eigenvalue weighted by molar-refractivity contribution is -0.0511. The van der Waals surface area contributed by atoms with E-state index in [1.807, 2.05) is 13.8 Å². The lowest BCUT2D eigenvalue weighted by Crippen LogP contribution is -2.16. The van der Waals surface area contributed by atoms with Crippen molar-refractivity contribution in [3.8, 4) is 11.5 Å². The summed E-state index contributed by atoms with van der Waals surface area (Å²) in [5.74, 6) is -2.06. The molecule has 0 saturated carbocycles. The highest BCUT2D eigenvalue weighted by atomic mass is 32.2. The molecule has 0 radical (unpaired) electrons. The molecule has 0 aromatic heterocycles. The number of carbonyl (C=O) groups is 1. The number of ether oxygens (including phenoxy) is 2. The first-order valence-corrected chi connectivity index (χ1v) is 9.56. The van der Waals surface area contributed by atoms with E-state index in [1.165, 1.54) is 12.1 Å². The summed E-state index contributed by atoms with van der Waals surface area (Å²) in [5.41, 5.74) is -0.0000277. The lowest BCUT2D eigenvalue weighted by Gasteiger charge is -2.16. The van der Waals surface area contributed by atoms with E-state index in [9.17, 15) is 27.1 Å². The Kier molecular flexibility index (Phi) is 6.45. The molecule has 28 heavy (non-hydrogen) atoms. The van der Waals surface area contributed by atoms with Gasteiger partial charge in [-0.25, -0.2) is 13.2 Å². The Hall–Kier alpha value is -2.88. The Morgan fingerprint density at radius 3 is 2.18 bits per heavy atom. The Balaban J connectivity index is 2.48. The third kappa shape index (κ3) is 4.89. The number of nitrogens with one attached hydrogen (secondary N) is 1.